The van der Waals surface area contributed by atoms with Crippen molar-refractivity contribution in [1.29, 1.82) is 5.26 Å². The lowest BCUT2D eigenvalue weighted by molar-refractivity contribution is 0.414. The molecule has 0 spiro atoms. The fourth-order valence-electron chi connectivity index (χ4n) is 1.50. The van der Waals surface area contributed by atoms with Crippen molar-refractivity contribution >= 4 is 17.4 Å². The second kappa shape index (κ2) is 4.90. The molecule has 0 bridgehead atoms. The SMILES string of the molecule is COc1ccc(C#N)nc1-c1cc(N)ncc1Cl. The van der Waals surface area contributed by atoms with Crippen LogP contribution in [0.25, 0.3) is 11.3 Å². The molecular weight excluding hydrogens is 252 g/mol. The van der Waals surface area contributed by atoms with E-state index in [0.717, 1.165) is 0 Å². The Labute approximate surface area is 109 Å². The molecule has 0 aliphatic carbocycles. The van der Waals surface area contributed by atoms with E-state index >= 15 is 0 Å². The molecule has 0 saturated heterocycles. The van der Waals surface area contributed by atoms with E-state index in [1.54, 1.807) is 18.2 Å². The summed E-state index contributed by atoms with van der Waals surface area (Å²) < 4.78 is 5.20. The van der Waals surface area contributed by atoms with Gasteiger partial charge in [-0.3, -0.25) is 0 Å². The van der Waals surface area contributed by atoms with E-state index in [-0.39, 0.29) is 5.69 Å². The van der Waals surface area contributed by atoms with Crippen molar-refractivity contribution in [1.82, 2.24) is 9.97 Å². The standard InChI is InChI=1S/C12H9ClN4O/c1-18-10-3-2-7(5-14)17-12(10)8-4-11(15)16-6-9(8)13/h2-4,6H,1H3,(H2,15,16). The van der Waals surface area contributed by atoms with Gasteiger partial charge in [-0.15, -0.1) is 0 Å². The van der Waals surface area contributed by atoms with Gasteiger partial charge < -0.3 is 10.5 Å². The third kappa shape index (κ3) is 2.19. The topological polar surface area (TPSA) is 84.8 Å². The van der Waals surface area contributed by atoms with Gasteiger partial charge in [-0.05, 0) is 18.2 Å². The Morgan fingerprint density at radius 1 is 1.44 bits per heavy atom. The number of pyridine rings is 2. The first kappa shape index (κ1) is 12.1. The summed E-state index contributed by atoms with van der Waals surface area (Å²) in [5, 5.41) is 9.27. The van der Waals surface area contributed by atoms with Crippen molar-refractivity contribution in [3.05, 3.63) is 35.1 Å². The summed E-state index contributed by atoms with van der Waals surface area (Å²) in [4.78, 5) is 8.06. The van der Waals surface area contributed by atoms with Gasteiger partial charge in [-0.25, -0.2) is 9.97 Å². The van der Waals surface area contributed by atoms with Gasteiger partial charge in [0.2, 0.25) is 0 Å². The van der Waals surface area contributed by atoms with Crippen LogP contribution >= 0.6 is 11.6 Å². The van der Waals surface area contributed by atoms with Gasteiger partial charge in [-0.2, -0.15) is 5.26 Å². The van der Waals surface area contributed by atoms with Gasteiger partial charge in [0.05, 0.1) is 12.1 Å². The molecule has 2 heterocycles. The fraction of sp³-hybridized carbons (Fsp3) is 0.0833. The van der Waals surface area contributed by atoms with Crippen LogP contribution < -0.4 is 10.5 Å². The van der Waals surface area contributed by atoms with E-state index in [1.165, 1.54) is 13.3 Å². The Balaban J connectivity index is 2.69. The summed E-state index contributed by atoms with van der Waals surface area (Å²) in [6.07, 6.45) is 1.44. The van der Waals surface area contributed by atoms with Crippen molar-refractivity contribution in [3.63, 3.8) is 0 Å². The molecule has 2 aromatic heterocycles. The summed E-state index contributed by atoms with van der Waals surface area (Å²) in [5.41, 5.74) is 6.95. The molecule has 0 amide bonds. The largest absolute Gasteiger partial charge is 0.494 e. The Hall–Kier alpha value is -2.32. The molecule has 90 valence electrons. The van der Waals surface area contributed by atoms with E-state index in [0.29, 0.717) is 27.8 Å². The van der Waals surface area contributed by atoms with Crippen molar-refractivity contribution in [2.45, 2.75) is 0 Å². The molecule has 2 rings (SSSR count). The molecule has 2 aromatic rings. The van der Waals surface area contributed by atoms with Gasteiger partial charge in [0.25, 0.3) is 0 Å². The van der Waals surface area contributed by atoms with Crippen LogP contribution in [0.3, 0.4) is 0 Å². The Bertz CT molecular complexity index is 636. The number of nitrogens with two attached hydrogens (primary N) is 1. The molecule has 2 N–H and O–H groups in total. The van der Waals surface area contributed by atoms with Crippen molar-refractivity contribution in [2.24, 2.45) is 0 Å². The van der Waals surface area contributed by atoms with E-state index in [4.69, 9.17) is 27.3 Å². The highest BCUT2D eigenvalue weighted by Crippen LogP contribution is 2.33. The van der Waals surface area contributed by atoms with E-state index in [1.807, 2.05) is 6.07 Å². The average Bonchev–Trinajstić information content (AvgIpc) is 2.40. The maximum atomic E-state index is 8.87. The van der Waals surface area contributed by atoms with Gasteiger partial charge in [-0.1, -0.05) is 11.6 Å². The molecule has 0 fully saturated rings. The molecule has 0 radical (unpaired) electrons. The maximum absolute atomic E-state index is 8.87. The number of aromatic nitrogens is 2. The Morgan fingerprint density at radius 3 is 2.89 bits per heavy atom. The molecule has 5 nitrogen and oxygen atoms in total. The van der Waals surface area contributed by atoms with Crippen LogP contribution in [0.5, 0.6) is 5.75 Å². The predicted molar refractivity (Wildman–Crippen MR) is 68.2 cm³/mol. The lowest BCUT2D eigenvalue weighted by Crippen LogP contribution is -1.96. The molecule has 0 unspecified atom stereocenters. The molecule has 0 aliphatic rings. The highest BCUT2D eigenvalue weighted by Gasteiger charge is 2.13. The van der Waals surface area contributed by atoms with Crippen LogP contribution in [0.2, 0.25) is 5.02 Å². The number of hydrogen-bond acceptors (Lipinski definition) is 5. The van der Waals surface area contributed by atoms with Crippen molar-refractivity contribution in [2.75, 3.05) is 12.8 Å². The Kier molecular flexibility index (Phi) is 3.31. The van der Waals surface area contributed by atoms with E-state index in [2.05, 4.69) is 9.97 Å². The minimum atomic E-state index is 0.275. The zero-order valence-corrected chi connectivity index (χ0v) is 10.3. The quantitative estimate of drug-likeness (QED) is 0.895. The number of anilines is 1. The first-order chi connectivity index (χ1) is 8.65. The summed E-state index contributed by atoms with van der Waals surface area (Å²) in [5.74, 6) is 0.835. The molecule has 0 atom stereocenters. The second-order valence-electron chi connectivity index (χ2n) is 3.45. The molecule has 0 aromatic carbocycles. The number of nitrogen functional groups attached to an aromatic ring is 1. The molecule has 18 heavy (non-hydrogen) atoms. The van der Waals surface area contributed by atoms with E-state index in [9.17, 15) is 0 Å². The van der Waals surface area contributed by atoms with E-state index < -0.39 is 0 Å². The first-order valence-electron chi connectivity index (χ1n) is 5.02. The first-order valence-corrected chi connectivity index (χ1v) is 5.40. The predicted octanol–water partition coefficient (Wildman–Crippen LogP) is 2.26. The number of hydrogen-bond donors (Lipinski definition) is 1. The highest BCUT2D eigenvalue weighted by atomic mass is 35.5. The third-order valence-corrected chi connectivity index (χ3v) is 2.63. The maximum Gasteiger partial charge on any atom is 0.145 e. The lowest BCUT2D eigenvalue weighted by atomic mass is 10.1. The monoisotopic (exact) mass is 260 g/mol. The third-order valence-electron chi connectivity index (χ3n) is 2.32. The summed E-state index contributed by atoms with van der Waals surface area (Å²) >= 11 is 6.06. The van der Waals surface area contributed by atoms with Gasteiger partial charge in [0.1, 0.15) is 29.0 Å². The number of methoxy groups -OCH3 is 1. The number of rotatable bonds is 2. The number of nitrogens with zero attached hydrogens (tertiary/aromatic N) is 3. The zero-order chi connectivity index (χ0) is 13.1. The summed E-state index contributed by atoms with van der Waals surface area (Å²) in [6, 6.07) is 6.79. The fourth-order valence-corrected chi connectivity index (χ4v) is 1.70. The van der Waals surface area contributed by atoms with Crippen LogP contribution in [0.4, 0.5) is 5.82 Å². The van der Waals surface area contributed by atoms with Crippen LogP contribution in [0, 0.1) is 11.3 Å². The van der Waals surface area contributed by atoms with Gasteiger partial charge >= 0.3 is 0 Å². The normalized spacial score (nSPS) is 9.83. The lowest BCUT2D eigenvalue weighted by Gasteiger charge is -2.09. The summed E-state index contributed by atoms with van der Waals surface area (Å²) in [7, 11) is 1.52. The second-order valence-corrected chi connectivity index (χ2v) is 3.86. The smallest absolute Gasteiger partial charge is 0.145 e. The van der Waals surface area contributed by atoms with Gasteiger partial charge in [0, 0.05) is 11.8 Å². The minimum absolute atomic E-state index is 0.275. The number of halogens is 1. The average molecular weight is 261 g/mol. The molecule has 6 heteroatoms. The van der Waals surface area contributed by atoms with Crippen molar-refractivity contribution < 1.29 is 4.74 Å². The van der Waals surface area contributed by atoms with Gasteiger partial charge in [0.15, 0.2) is 0 Å². The Morgan fingerprint density at radius 2 is 2.22 bits per heavy atom. The molecule has 0 saturated carbocycles. The zero-order valence-electron chi connectivity index (χ0n) is 9.51. The summed E-state index contributed by atoms with van der Waals surface area (Å²) in [6.45, 7) is 0. The number of nitriles is 1. The van der Waals surface area contributed by atoms with Crippen LogP contribution in [-0.2, 0) is 0 Å². The molecule has 0 aliphatic heterocycles. The van der Waals surface area contributed by atoms with Crippen molar-refractivity contribution in [3.8, 4) is 23.1 Å². The molecular formula is C12H9ClN4O. The minimum Gasteiger partial charge on any atom is -0.494 e. The van der Waals surface area contributed by atoms with Crippen LogP contribution in [0.15, 0.2) is 24.4 Å². The highest BCUT2D eigenvalue weighted by molar-refractivity contribution is 6.33. The number of ether oxygens (including phenoxy) is 1. The van der Waals surface area contributed by atoms with Crippen LogP contribution in [-0.4, -0.2) is 17.1 Å². The van der Waals surface area contributed by atoms with Crippen LogP contribution in [0.1, 0.15) is 5.69 Å².